The average Bonchev–Trinajstić information content (AvgIpc) is 2.35. The third-order valence-corrected chi connectivity index (χ3v) is 4.15. The van der Waals surface area contributed by atoms with Crippen molar-refractivity contribution < 1.29 is 0 Å². The molecule has 0 aromatic heterocycles. The van der Waals surface area contributed by atoms with Crippen LogP contribution < -0.4 is 5.32 Å². The first-order chi connectivity index (χ1) is 8.41. The van der Waals surface area contributed by atoms with Crippen LogP contribution in [0.15, 0.2) is 0 Å². The van der Waals surface area contributed by atoms with Gasteiger partial charge in [-0.25, -0.2) is 0 Å². The van der Waals surface area contributed by atoms with Gasteiger partial charge < -0.3 is 4.90 Å². The van der Waals surface area contributed by atoms with Crippen molar-refractivity contribution in [2.75, 3.05) is 26.2 Å². The van der Waals surface area contributed by atoms with Gasteiger partial charge in [-0.1, -0.05) is 20.8 Å². The summed E-state index contributed by atoms with van der Waals surface area (Å²) in [6.45, 7) is 13.2. The molecule has 0 amide bonds. The molecule has 1 saturated heterocycles. The molecule has 0 aromatic carbocycles. The fraction of sp³-hybridized carbons (Fsp3) is 0.933. The third kappa shape index (κ3) is 4.96. The Morgan fingerprint density at radius 2 is 1.94 bits per heavy atom. The fourth-order valence-corrected chi connectivity index (χ4v) is 2.35. The Kier molecular flexibility index (Phi) is 5.62. The van der Waals surface area contributed by atoms with Crippen molar-refractivity contribution in [1.82, 2.24) is 10.2 Å². The second-order valence-electron chi connectivity index (χ2n) is 6.63. The number of nitrogens with zero attached hydrogens (tertiary/aromatic N) is 2. The van der Waals surface area contributed by atoms with E-state index >= 15 is 0 Å². The molecule has 0 bridgehead atoms. The zero-order chi connectivity index (χ0) is 13.6. The molecular formula is C15H29N3. The predicted octanol–water partition coefficient (Wildman–Crippen LogP) is 2.78. The summed E-state index contributed by atoms with van der Waals surface area (Å²) in [5, 5.41) is 12.7. The number of nitrogens with one attached hydrogen (secondary N) is 1. The maximum Gasteiger partial charge on any atom is 0.105 e. The number of rotatable bonds is 6. The van der Waals surface area contributed by atoms with Crippen LogP contribution in [0.2, 0.25) is 0 Å². The van der Waals surface area contributed by atoms with Gasteiger partial charge in [-0.2, -0.15) is 5.26 Å². The molecule has 1 aliphatic rings. The van der Waals surface area contributed by atoms with Crippen molar-refractivity contribution >= 4 is 0 Å². The normalized spacial score (nSPS) is 23.3. The van der Waals surface area contributed by atoms with Gasteiger partial charge >= 0.3 is 0 Å². The van der Waals surface area contributed by atoms with E-state index in [0.29, 0.717) is 5.41 Å². The molecule has 104 valence electrons. The lowest BCUT2D eigenvalue weighted by Gasteiger charge is -2.38. The van der Waals surface area contributed by atoms with Crippen LogP contribution in [-0.4, -0.2) is 36.6 Å². The highest BCUT2D eigenvalue weighted by atomic mass is 15.1. The zero-order valence-corrected chi connectivity index (χ0v) is 12.6. The Morgan fingerprint density at radius 1 is 1.33 bits per heavy atom. The van der Waals surface area contributed by atoms with Crippen molar-refractivity contribution in [3.05, 3.63) is 0 Å². The molecule has 1 heterocycles. The standard InChI is InChI=1S/C15H29N3/c1-5-9-17-15(4,13-16)8-12-18-10-6-14(2,3)7-11-18/h17H,5-12H2,1-4H3. The highest BCUT2D eigenvalue weighted by Gasteiger charge is 2.28. The van der Waals surface area contributed by atoms with Crippen molar-refractivity contribution in [1.29, 1.82) is 5.26 Å². The first-order valence-electron chi connectivity index (χ1n) is 7.29. The number of piperidine rings is 1. The summed E-state index contributed by atoms with van der Waals surface area (Å²) in [5.74, 6) is 0. The van der Waals surface area contributed by atoms with Crippen LogP contribution in [0, 0.1) is 16.7 Å². The van der Waals surface area contributed by atoms with E-state index in [-0.39, 0.29) is 5.54 Å². The van der Waals surface area contributed by atoms with Gasteiger partial charge in [0.1, 0.15) is 5.54 Å². The molecular weight excluding hydrogens is 222 g/mol. The lowest BCUT2D eigenvalue weighted by Crippen LogP contribution is -2.46. The molecule has 3 nitrogen and oxygen atoms in total. The molecule has 0 radical (unpaired) electrons. The van der Waals surface area contributed by atoms with Crippen LogP contribution in [0.4, 0.5) is 0 Å². The first-order valence-corrected chi connectivity index (χ1v) is 7.29. The summed E-state index contributed by atoms with van der Waals surface area (Å²) in [6.07, 6.45) is 4.55. The van der Waals surface area contributed by atoms with Crippen LogP contribution in [0.1, 0.15) is 53.4 Å². The molecule has 0 aromatic rings. The molecule has 1 aliphatic heterocycles. The van der Waals surface area contributed by atoms with Crippen LogP contribution >= 0.6 is 0 Å². The second-order valence-corrected chi connectivity index (χ2v) is 6.63. The lowest BCUT2D eigenvalue weighted by atomic mass is 9.82. The smallest absolute Gasteiger partial charge is 0.105 e. The summed E-state index contributed by atoms with van der Waals surface area (Å²) in [6, 6.07) is 2.43. The summed E-state index contributed by atoms with van der Waals surface area (Å²) < 4.78 is 0. The number of nitriles is 1. The van der Waals surface area contributed by atoms with Gasteiger partial charge in [0, 0.05) is 6.54 Å². The van der Waals surface area contributed by atoms with E-state index in [1.165, 1.54) is 25.9 Å². The highest BCUT2D eigenvalue weighted by molar-refractivity contribution is 5.04. The Bertz CT molecular complexity index is 283. The summed E-state index contributed by atoms with van der Waals surface area (Å²) in [5.41, 5.74) is 0.151. The Morgan fingerprint density at radius 3 is 2.44 bits per heavy atom. The van der Waals surface area contributed by atoms with Crippen LogP contribution in [0.3, 0.4) is 0 Å². The predicted molar refractivity (Wildman–Crippen MR) is 76.4 cm³/mol. The van der Waals surface area contributed by atoms with E-state index in [0.717, 1.165) is 25.9 Å². The van der Waals surface area contributed by atoms with Gasteiger partial charge in [0.05, 0.1) is 6.07 Å². The summed E-state index contributed by atoms with van der Waals surface area (Å²) in [4.78, 5) is 2.51. The molecule has 1 rings (SSSR count). The average molecular weight is 251 g/mol. The number of likely N-dealkylation sites (tertiary alicyclic amines) is 1. The Labute approximate surface area is 113 Å². The molecule has 3 heteroatoms. The van der Waals surface area contributed by atoms with Gasteiger partial charge in [0.2, 0.25) is 0 Å². The maximum atomic E-state index is 9.29. The Hall–Kier alpha value is -0.590. The van der Waals surface area contributed by atoms with E-state index in [4.69, 9.17) is 0 Å². The van der Waals surface area contributed by atoms with Crippen LogP contribution in [0.25, 0.3) is 0 Å². The van der Waals surface area contributed by atoms with E-state index in [2.05, 4.69) is 37.1 Å². The summed E-state index contributed by atoms with van der Waals surface area (Å²) in [7, 11) is 0. The number of hydrogen-bond acceptors (Lipinski definition) is 3. The molecule has 1 atom stereocenters. The molecule has 1 unspecified atom stereocenters. The lowest BCUT2D eigenvalue weighted by molar-refractivity contribution is 0.125. The summed E-state index contributed by atoms with van der Waals surface area (Å²) >= 11 is 0. The number of hydrogen-bond donors (Lipinski definition) is 1. The largest absolute Gasteiger partial charge is 0.303 e. The van der Waals surface area contributed by atoms with Gasteiger partial charge in [0.25, 0.3) is 0 Å². The fourth-order valence-electron chi connectivity index (χ4n) is 2.35. The molecule has 0 spiro atoms. The minimum Gasteiger partial charge on any atom is -0.303 e. The molecule has 0 saturated carbocycles. The van der Waals surface area contributed by atoms with Crippen molar-refractivity contribution in [3.8, 4) is 6.07 Å². The monoisotopic (exact) mass is 251 g/mol. The quantitative estimate of drug-likeness (QED) is 0.789. The third-order valence-electron chi connectivity index (χ3n) is 4.15. The first kappa shape index (κ1) is 15.5. The highest BCUT2D eigenvalue weighted by Crippen LogP contribution is 2.29. The molecule has 18 heavy (non-hydrogen) atoms. The van der Waals surface area contributed by atoms with Gasteiger partial charge in [0.15, 0.2) is 0 Å². The SMILES string of the molecule is CCCNC(C)(C#N)CCN1CCC(C)(C)CC1. The van der Waals surface area contributed by atoms with Crippen LogP contribution in [0.5, 0.6) is 0 Å². The van der Waals surface area contributed by atoms with Crippen molar-refractivity contribution in [3.63, 3.8) is 0 Å². The molecule has 0 aliphatic carbocycles. The minimum absolute atomic E-state index is 0.358. The van der Waals surface area contributed by atoms with E-state index < -0.39 is 0 Å². The second kappa shape index (κ2) is 6.54. The van der Waals surface area contributed by atoms with Crippen LogP contribution in [-0.2, 0) is 0 Å². The van der Waals surface area contributed by atoms with Gasteiger partial charge in [-0.15, -0.1) is 0 Å². The zero-order valence-electron chi connectivity index (χ0n) is 12.6. The van der Waals surface area contributed by atoms with Gasteiger partial charge in [-0.3, -0.25) is 5.32 Å². The topological polar surface area (TPSA) is 39.1 Å². The maximum absolute atomic E-state index is 9.29. The van der Waals surface area contributed by atoms with Crippen molar-refractivity contribution in [2.24, 2.45) is 5.41 Å². The Balaban J connectivity index is 2.33. The van der Waals surface area contributed by atoms with E-state index in [1.54, 1.807) is 0 Å². The van der Waals surface area contributed by atoms with E-state index in [9.17, 15) is 5.26 Å². The van der Waals surface area contributed by atoms with Gasteiger partial charge in [-0.05, 0) is 57.7 Å². The van der Waals surface area contributed by atoms with E-state index in [1.807, 2.05) is 6.92 Å². The minimum atomic E-state index is -0.358. The molecule has 1 fully saturated rings. The molecule has 1 N–H and O–H groups in total. The van der Waals surface area contributed by atoms with Crippen molar-refractivity contribution in [2.45, 2.75) is 58.9 Å².